The van der Waals surface area contributed by atoms with E-state index in [0.717, 1.165) is 22.2 Å². The van der Waals surface area contributed by atoms with Crippen LogP contribution in [0.5, 0.6) is 0 Å². The van der Waals surface area contributed by atoms with Gasteiger partial charge in [-0.15, -0.1) is 0 Å². The third-order valence-corrected chi connectivity index (χ3v) is 5.75. The van der Waals surface area contributed by atoms with Gasteiger partial charge in [-0.25, -0.2) is 4.98 Å². The summed E-state index contributed by atoms with van der Waals surface area (Å²) in [7, 11) is 0. The largest absolute Gasteiger partial charge is 0.388 e. The molecule has 0 fully saturated rings. The molecule has 4 rings (SSSR count). The van der Waals surface area contributed by atoms with Crippen LogP contribution in [0.4, 0.5) is 0 Å². The van der Waals surface area contributed by atoms with Gasteiger partial charge in [0.2, 0.25) is 0 Å². The molecule has 0 unspecified atom stereocenters. The summed E-state index contributed by atoms with van der Waals surface area (Å²) >= 11 is 6.08. The molecule has 3 nitrogen and oxygen atoms in total. The van der Waals surface area contributed by atoms with Crippen LogP contribution in [-0.2, 0) is 12.0 Å². The van der Waals surface area contributed by atoms with Crippen molar-refractivity contribution in [2.24, 2.45) is 0 Å². The van der Waals surface area contributed by atoms with Crippen LogP contribution in [0.25, 0.3) is 23.1 Å². The Morgan fingerprint density at radius 2 is 1.82 bits per heavy atom. The van der Waals surface area contributed by atoms with Gasteiger partial charge >= 0.3 is 0 Å². The van der Waals surface area contributed by atoms with Crippen LogP contribution in [0.15, 0.2) is 78.9 Å². The van der Waals surface area contributed by atoms with Gasteiger partial charge in [0.15, 0.2) is 0 Å². The lowest BCUT2D eigenvalue weighted by Gasteiger charge is -2.22. The molecule has 0 aliphatic heterocycles. The molecule has 4 aromatic rings. The molecule has 33 heavy (non-hydrogen) atoms. The van der Waals surface area contributed by atoms with Gasteiger partial charge in [-0.2, -0.15) is 0 Å². The first-order valence-electron chi connectivity index (χ1n) is 13.6. The third kappa shape index (κ3) is 5.88. The minimum Gasteiger partial charge on any atom is -0.388 e. The Labute approximate surface area is 208 Å². The van der Waals surface area contributed by atoms with E-state index >= 15 is 0 Å². The quantitative estimate of drug-likeness (QED) is 0.311. The van der Waals surface area contributed by atoms with Crippen molar-refractivity contribution in [3.05, 3.63) is 112 Å². The second-order valence-corrected chi connectivity index (χ2v) is 8.44. The monoisotopic (exact) mass is 463 g/mol. The molecule has 4 heteroatoms. The lowest BCUT2D eigenvalue weighted by molar-refractivity contribution is 0.0772. The zero-order chi connectivity index (χ0) is 28.4. The highest BCUT2D eigenvalue weighted by Crippen LogP contribution is 2.27. The summed E-state index contributed by atoms with van der Waals surface area (Å²) in [6.07, 6.45) is 3.20. The summed E-state index contributed by atoms with van der Waals surface area (Å²) in [6, 6.07) is 22.8. The molecule has 1 aromatic heterocycles. The summed E-state index contributed by atoms with van der Waals surface area (Å²) in [4.78, 5) is 4.61. The number of hydrogen-bond donors (Lipinski definition) is 2. The van der Waals surface area contributed by atoms with Gasteiger partial charge in [0.25, 0.3) is 0 Å². The number of aryl methyl sites for hydroxylation is 1. The van der Waals surface area contributed by atoms with Gasteiger partial charge in [0, 0.05) is 18.6 Å². The number of benzene rings is 3. The normalized spacial score (nSPS) is 16.5. The number of halogens is 1. The van der Waals surface area contributed by atoms with E-state index in [1.165, 1.54) is 12.1 Å². The number of aliphatic hydroxyl groups is 2. The molecule has 0 bridgehead atoms. The maximum atomic E-state index is 11.0. The summed E-state index contributed by atoms with van der Waals surface area (Å²) in [6.45, 7) is -6.36. The van der Waals surface area contributed by atoms with E-state index in [9.17, 15) is 10.2 Å². The minimum atomic E-state index is -3.18. The van der Waals surface area contributed by atoms with Gasteiger partial charge in [-0.05, 0) is 79.1 Å². The number of hydrogen-bond acceptors (Lipinski definition) is 3. The average Bonchev–Trinajstić information content (AvgIpc) is 2.89. The lowest BCUT2D eigenvalue weighted by atomic mass is 9.90. The molecular weight excluding hydrogens is 430 g/mol. The van der Waals surface area contributed by atoms with Crippen LogP contribution >= 0.6 is 11.6 Å². The first-order valence-corrected chi connectivity index (χ1v) is 11.0. The van der Waals surface area contributed by atoms with Gasteiger partial charge in [0.05, 0.1) is 22.9 Å². The molecule has 3 aromatic carbocycles. The maximum absolute atomic E-state index is 11.0. The third-order valence-electron chi connectivity index (χ3n) is 5.51. The number of aromatic nitrogens is 1. The number of nitrogens with zero attached hydrogens (tertiary/aromatic N) is 1. The molecular formula is C29H28ClNO2. The Kier molecular flexibility index (Phi) is 4.97. The fraction of sp³-hybridized carbons (Fsp3) is 0.207. The average molecular weight is 464 g/mol. The SMILES string of the molecule is [2H]C([2H])([2H])C(O)(c1ccccc1CC[C@H](O)c1cccc(C=Cc2ccc3ccc(Cl)cc3n2)c1)C([2H])([2H])[2H]. The number of aliphatic hydroxyl groups excluding tert-OH is 1. The Balaban J connectivity index is 1.52. The van der Waals surface area contributed by atoms with Crippen LogP contribution < -0.4 is 0 Å². The second-order valence-electron chi connectivity index (χ2n) is 8.00. The van der Waals surface area contributed by atoms with Crippen molar-refractivity contribution in [2.75, 3.05) is 0 Å². The zero-order valence-corrected chi connectivity index (χ0v) is 18.6. The first kappa shape index (κ1) is 16.6. The van der Waals surface area contributed by atoms with Crippen molar-refractivity contribution in [3.63, 3.8) is 0 Å². The summed E-state index contributed by atoms with van der Waals surface area (Å²) in [5, 5.41) is 23.5. The smallest absolute Gasteiger partial charge is 0.0843 e. The van der Waals surface area contributed by atoms with E-state index in [0.29, 0.717) is 16.1 Å². The predicted molar refractivity (Wildman–Crippen MR) is 137 cm³/mol. The van der Waals surface area contributed by atoms with Crippen molar-refractivity contribution in [1.82, 2.24) is 4.98 Å². The topological polar surface area (TPSA) is 53.4 Å². The highest BCUT2D eigenvalue weighted by molar-refractivity contribution is 6.31. The van der Waals surface area contributed by atoms with E-state index in [-0.39, 0.29) is 18.4 Å². The summed E-state index contributed by atoms with van der Waals surface area (Å²) in [5.41, 5.74) is 0.173. The molecule has 1 atom stereocenters. The summed E-state index contributed by atoms with van der Waals surface area (Å²) in [5.74, 6) is 0. The van der Waals surface area contributed by atoms with E-state index in [4.69, 9.17) is 19.8 Å². The Bertz CT molecular complexity index is 1490. The van der Waals surface area contributed by atoms with Crippen LogP contribution in [-0.4, -0.2) is 15.2 Å². The fourth-order valence-corrected chi connectivity index (χ4v) is 3.97. The van der Waals surface area contributed by atoms with E-state index in [1.54, 1.807) is 24.3 Å². The van der Waals surface area contributed by atoms with Gasteiger partial charge in [-0.3, -0.25) is 0 Å². The van der Waals surface area contributed by atoms with Crippen molar-refractivity contribution in [3.8, 4) is 0 Å². The first-order chi connectivity index (χ1) is 18.3. The Hall–Kier alpha value is -2.98. The molecule has 168 valence electrons. The van der Waals surface area contributed by atoms with Crippen molar-refractivity contribution < 1.29 is 18.4 Å². The van der Waals surface area contributed by atoms with E-state index in [2.05, 4.69) is 4.98 Å². The van der Waals surface area contributed by atoms with E-state index < -0.39 is 25.4 Å². The molecule has 2 N–H and O–H groups in total. The van der Waals surface area contributed by atoms with Crippen molar-refractivity contribution in [2.45, 2.75) is 38.3 Å². The number of pyridine rings is 1. The molecule has 0 spiro atoms. The molecule has 0 saturated carbocycles. The fourth-order valence-electron chi connectivity index (χ4n) is 3.80. The van der Waals surface area contributed by atoms with Gasteiger partial charge in [-0.1, -0.05) is 72.3 Å². The van der Waals surface area contributed by atoms with Gasteiger partial charge in [0.1, 0.15) is 0 Å². The van der Waals surface area contributed by atoms with Crippen LogP contribution in [0.3, 0.4) is 0 Å². The minimum absolute atomic E-state index is 0.162. The molecule has 1 heterocycles. The highest BCUT2D eigenvalue weighted by atomic mass is 35.5. The standard InChI is InChI=1S/C29H28ClNO2/c1-29(2,33)26-9-4-3-7-21(26)13-17-28(32)23-8-5-6-20(18-23)10-15-25-16-12-22-11-14-24(30)19-27(22)31-25/h3-12,14-16,18-19,28,32-33H,13,17H2,1-2H3/t28-/m0/s1/i1D3,2D3. The Morgan fingerprint density at radius 3 is 2.67 bits per heavy atom. The molecule has 0 aliphatic rings. The maximum Gasteiger partial charge on any atom is 0.0843 e. The van der Waals surface area contributed by atoms with Gasteiger partial charge < -0.3 is 10.2 Å². The number of rotatable bonds is 7. The predicted octanol–water partition coefficient (Wildman–Crippen LogP) is 6.95. The lowest BCUT2D eigenvalue weighted by Crippen LogP contribution is -2.18. The Morgan fingerprint density at radius 1 is 1.00 bits per heavy atom. The zero-order valence-electron chi connectivity index (χ0n) is 23.9. The van der Waals surface area contributed by atoms with Crippen LogP contribution in [0.2, 0.25) is 5.02 Å². The van der Waals surface area contributed by atoms with Crippen molar-refractivity contribution in [1.29, 1.82) is 0 Å². The van der Waals surface area contributed by atoms with Crippen molar-refractivity contribution >= 4 is 34.7 Å². The molecule has 0 amide bonds. The molecule has 0 aliphatic carbocycles. The highest BCUT2D eigenvalue weighted by Gasteiger charge is 2.20. The van der Waals surface area contributed by atoms with E-state index in [1.807, 2.05) is 54.6 Å². The van der Waals surface area contributed by atoms with Crippen LogP contribution in [0.1, 0.15) is 62.4 Å². The number of fused-ring (bicyclic) bond motifs is 1. The summed E-state index contributed by atoms with van der Waals surface area (Å²) < 4.78 is 46.5. The van der Waals surface area contributed by atoms with Crippen LogP contribution in [0, 0.1) is 0 Å². The molecule has 0 saturated heterocycles. The molecule has 0 radical (unpaired) electrons. The second kappa shape index (κ2) is 9.88.